The maximum atomic E-state index is 12.5. The molecule has 1 heterocycles. The number of carbonyl (C=O) groups excluding carboxylic acids is 2. The van der Waals surface area contributed by atoms with E-state index < -0.39 is 12.0 Å². The van der Waals surface area contributed by atoms with E-state index in [9.17, 15) is 20.0 Å². The monoisotopic (exact) mass is 388 g/mol. The first-order valence-corrected chi connectivity index (χ1v) is 8.50. The number of amides is 2. The van der Waals surface area contributed by atoms with Crippen molar-refractivity contribution in [1.82, 2.24) is 4.98 Å². The number of nitriles is 1. The van der Waals surface area contributed by atoms with Crippen LogP contribution in [0.1, 0.15) is 21.5 Å². The molecule has 0 bridgehead atoms. The summed E-state index contributed by atoms with van der Waals surface area (Å²) in [4.78, 5) is 27.7. The van der Waals surface area contributed by atoms with Gasteiger partial charge in [0.15, 0.2) is 5.75 Å². The average molecular weight is 388 g/mol. The summed E-state index contributed by atoms with van der Waals surface area (Å²) < 4.78 is 4.87. The number of nitrogens with two attached hydrogens (primary N) is 1. The second-order valence-electron chi connectivity index (χ2n) is 5.96. The van der Waals surface area contributed by atoms with Crippen molar-refractivity contribution >= 4 is 17.7 Å². The number of nitrogens with zero attached hydrogens (tertiary/aromatic N) is 2. The second kappa shape index (κ2) is 8.65. The Morgan fingerprint density at radius 1 is 1.17 bits per heavy atom. The summed E-state index contributed by atoms with van der Waals surface area (Å²) in [5.74, 6) is -0.280. The topological polar surface area (TPSA) is 138 Å². The van der Waals surface area contributed by atoms with E-state index in [2.05, 4.69) is 16.4 Å². The number of benzene rings is 2. The smallest absolute Gasteiger partial charge is 0.408 e. The molecule has 0 fully saturated rings. The Labute approximate surface area is 166 Å². The van der Waals surface area contributed by atoms with E-state index in [0.29, 0.717) is 33.6 Å². The molecule has 1 aromatic heterocycles. The second-order valence-corrected chi connectivity index (χ2v) is 5.96. The SMILES string of the molecule is N#Cc1cc(CO)cnc1-c1ccc(C(=O)Nc2ccccc2OC(N)=O)cc1. The van der Waals surface area contributed by atoms with Crippen molar-refractivity contribution in [1.29, 1.82) is 5.26 Å². The minimum atomic E-state index is -0.982. The van der Waals surface area contributed by atoms with E-state index in [4.69, 9.17) is 10.5 Å². The van der Waals surface area contributed by atoms with E-state index in [1.807, 2.05) is 0 Å². The number of anilines is 1. The Bertz CT molecular complexity index is 1100. The number of ether oxygens (including phenoxy) is 1. The number of rotatable bonds is 5. The molecule has 4 N–H and O–H groups in total. The molecule has 0 aliphatic carbocycles. The molecule has 0 atom stereocenters. The van der Waals surface area contributed by atoms with Crippen LogP contribution in [-0.2, 0) is 6.61 Å². The maximum absolute atomic E-state index is 12.5. The van der Waals surface area contributed by atoms with Gasteiger partial charge in [-0.2, -0.15) is 5.26 Å². The zero-order chi connectivity index (χ0) is 20.8. The normalized spacial score (nSPS) is 10.1. The lowest BCUT2D eigenvalue weighted by atomic mass is 10.0. The highest BCUT2D eigenvalue weighted by molar-refractivity contribution is 6.05. The summed E-state index contributed by atoms with van der Waals surface area (Å²) in [7, 11) is 0. The Kier molecular flexibility index (Phi) is 5.83. The van der Waals surface area contributed by atoms with Gasteiger partial charge in [0.05, 0.1) is 23.6 Å². The molecule has 0 unspecified atom stereocenters. The number of aliphatic hydroxyl groups excluding tert-OH is 1. The molecule has 8 heteroatoms. The van der Waals surface area contributed by atoms with Crippen molar-refractivity contribution < 1.29 is 19.4 Å². The largest absolute Gasteiger partial charge is 0.410 e. The van der Waals surface area contributed by atoms with Crippen molar-refractivity contribution in [3.63, 3.8) is 0 Å². The number of nitrogens with one attached hydrogen (secondary N) is 1. The zero-order valence-corrected chi connectivity index (χ0v) is 15.1. The van der Waals surface area contributed by atoms with Crippen molar-refractivity contribution in [2.24, 2.45) is 5.73 Å². The highest BCUT2D eigenvalue weighted by Crippen LogP contribution is 2.26. The van der Waals surface area contributed by atoms with Crippen LogP contribution >= 0.6 is 0 Å². The molecule has 0 spiro atoms. The lowest BCUT2D eigenvalue weighted by Crippen LogP contribution is -2.18. The Morgan fingerprint density at radius 3 is 2.55 bits per heavy atom. The molecule has 29 heavy (non-hydrogen) atoms. The Morgan fingerprint density at radius 2 is 1.90 bits per heavy atom. The standard InChI is InChI=1S/C21H16N4O4/c22-10-16-9-13(12-26)11-24-19(16)14-5-7-15(8-6-14)20(27)25-17-3-1-2-4-18(17)29-21(23)28/h1-9,11,26H,12H2,(H2,23,28)(H,25,27). The molecular weight excluding hydrogens is 372 g/mol. The fourth-order valence-corrected chi connectivity index (χ4v) is 2.65. The van der Waals surface area contributed by atoms with E-state index >= 15 is 0 Å². The number of carbonyl (C=O) groups is 2. The molecule has 0 radical (unpaired) electrons. The number of para-hydroxylation sites is 2. The van der Waals surface area contributed by atoms with Crippen molar-refractivity contribution in [2.75, 3.05) is 5.32 Å². The van der Waals surface area contributed by atoms with Gasteiger partial charge < -0.3 is 20.9 Å². The van der Waals surface area contributed by atoms with Gasteiger partial charge in [0.25, 0.3) is 5.91 Å². The summed E-state index contributed by atoms with van der Waals surface area (Å²) in [6.07, 6.45) is 0.510. The highest BCUT2D eigenvalue weighted by atomic mass is 16.5. The molecule has 0 aliphatic heterocycles. The van der Waals surface area contributed by atoms with Gasteiger partial charge in [0, 0.05) is 17.3 Å². The van der Waals surface area contributed by atoms with Gasteiger partial charge in [0.1, 0.15) is 6.07 Å². The first-order chi connectivity index (χ1) is 14.0. The predicted molar refractivity (Wildman–Crippen MR) is 105 cm³/mol. The fourth-order valence-electron chi connectivity index (χ4n) is 2.65. The van der Waals surface area contributed by atoms with Crippen LogP contribution in [0.25, 0.3) is 11.3 Å². The number of pyridine rings is 1. The van der Waals surface area contributed by atoms with Crippen LogP contribution in [0.3, 0.4) is 0 Å². The molecule has 2 amide bonds. The van der Waals surface area contributed by atoms with Crippen LogP contribution in [0.5, 0.6) is 5.75 Å². The Balaban J connectivity index is 1.82. The quantitative estimate of drug-likeness (QED) is 0.614. The number of aliphatic hydroxyl groups is 1. The third kappa shape index (κ3) is 4.55. The molecule has 0 aliphatic rings. The lowest BCUT2D eigenvalue weighted by molar-refractivity contribution is 0.102. The molecule has 144 valence electrons. The fraction of sp³-hybridized carbons (Fsp3) is 0.0476. The van der Waals surface area contributed by atoms with Gasteiger partial charge in [-0.1, -0.05) is 24.3 Å². The molecule has 0 saturated heterocycles. The molecule has 3 aromatic rings. The highest BCUT2D eigenvalue weighted by Gasteiger charge is 2.13. The summed E-state index contributed by atoms with van der Waals surface area (Å²) in [5.41, 5.74) is 7.66. The third-order valence-electron chi connectivity index (χ3n) is 4.01. The van der Waals surface area contributed by atoms with Crippen LogP contribution in [-0.4, -0.2) is 22.1 Å². The van der Waals surface area contributed by atoms with Gasteiger partial charge in [-0.25, -0.2) is 4.79 Å². The van der Waals surface area contributed by atoms with Gasteiger partial charge in [-0.3, -0.25) is 9.78 Å². The first kappa shape index (κ1) is 19.5. The van der Waals surface area contributed by atoms with Crippen LogP contribution in [0.15, 0.2) is 60.8 Å². The summed E-state index contributed by atoms with van der Waals surface area (Å²) in [6.45, 7) is -0.206. The minimum Gasteiger partial charge on any atom is -0.408 e. The lowest BCUT2D eigenvalue weighted by Gasteiger charge is -2.10. The molecule has 0 saturated carbocycles. The van der Waals surface area contributed by atoms with Crippen molar-refractivity contribution in [3.8, 4) is 23.1 Å². The number of hydrogen-bond donors (Lipinski definition) is 3. The molecule has 3 rings (SSSR count). The minimum absolute atomic E-state index is 0.136. The van der Waals surface area contributed by atoms with E-state index in [1.165, 1.54) is 12.3 Å². The van der Waals surface area contributed by atoms with Gasteiger partial charge in [-0.15, -0.1) is 0 Å². The van der Waals surface area contributed by atoms with E-state index in [1.54, 1.807) is 48.5 Å². The first-order valence-electron chi connectivity index (χ1n) is 8.50. The average Bonchev–Trinajstić information content (AvgIpc) is 2.74. The van der Waals surface area contributed by atoms with E-state index in [0.717, 1.165) is 0 Å². The van der Waals surface area contributed by atoms with Crippen LogP contribution in [0.4, 0.5) is 10.5 Å². The Hall–Kier alpha value is -4.22. The molecule has 8 nitrogen and oxygen atoms in total. The summed E-state index contributed by atoms with van der Waals surface area (Å²) in [5, 5.41) is 21.2. The molecular formula is C21H16N4O4. The van der Waals surface area contributed by atoms with Gasteiger partial charge >= 0.3 is 6.09 Å². The summed E-state index contributed by atoms with van der Waals surface area (Å²) in [6, 6.07) is 16.5. The molecule has 2 aromatic carbocycles. The number of hydrogen-bond acceptors (Lipinski definition) is 6. The maximum Gasteiger partial charge on any atom is 0.410 e. The zero-order valence-electron chi connectivity index (χ0n) is 15.1. The van der Waals surface area contributed by atoms with Gasteiger partial charge in [-0.05, 0) is 35.9 Å². The van der Waals surface area contributed by atoms with Crippen molar-refractivity contribution in [2.45, 2.75) is 6.61 Å². The van der Waals surface area contributed by atoms with Crippen LogP contribution in [0, 0.1) is 11.3 Å². The third-order valence-corrected chi connectivity index (χ3v) is 4.01. The summed E-state index contributed by atoms with van der Waals surface area (Å²) >= 11 is 0. The van der Waals surface area contributed by atoms with E-state index in [-0.39, 0.29) is 12.4 Å². The number of primary amides is 1. The van der Waals surface area contributed by atoms with Gasteiger partial charge in [0.2, 0.25) is 0 Å². The van der Waals surface area contributed by atoms with Crippen molar-refractivity contribution in [3.05, 3.63) is 77.5 Å². The van der Waals surface area contributed by atoms with Crippen LogP contribution in [0.2, 0.25) is 0 Å². The van der Waals surface area contributed by atoms with Crippen LogP contribution < -0.4 is 15.8 Å². The number of aromatic nitrogens is 1. The predicted octanol–water partition coefficient (Wildman–Crippen LogP) is 2.82.